The second-order valence-electron chi connectivity index (χ2n) is 8.03. The van der Waals surface area contributed by atoms with Gasteiger partial charge in [-0.25, -0.2) is 0 Å². The molecule has 4 N–H and O–H groups in total. The van der Waals surface area contributed by atoms with E-state index in [1.165, 1.54) is 26.2 Å². The summed E-state index contributed by atoms with van der Waals surface area (Å²) in [5.41, 5.74) is 7.02. The van der Waals surface area contributed by atoms with Crippen LogP contribution in [0, 0.1) is 19.3 Å². The summed E-state index contributed by atoms with van der Waals surface area (Å²) < 4.78 is 0. The minimum atomic E-state index is -0.471. The Labute approximate surface area is 177 Å². The maximum absolute atomic E-state index is 12.7. The lowest BCUT2D eigenvalue weighted by molar-refractivity contribution is -0.110. The maximum Gasteiger partial charge on any atom is 0.277 e. The van der Waals surface area contributed by atoms with Crippen LogP contribution in [-0.4, -0.2) is 22.4 Å². The molecule has 0 aliphatic heterocycles. The number of phenols is 1. The summed E-state index contributed by atoms with van der Waals surface area (Å²) >= 11 is 0. The summed E-state index contributed by atoms with van der Waals surface area (Å²) in [4.78, 5) is 12.7. The zero-order valence-electron chi connectivity index (χ0n) is 17.9. The highest BCUT2D eigenvalue weighted by atomic mass is 16.3. The molecule has 0 bridgehead atoms. The van der Waals surface area contributed by atoms with Crippen LogP contribution >= 0.6 is 0 Å². The van der Waals surface area contributed by atoms with Crippen LogP contribution in [0.1, 0.15) is 61.6 Å². The molecular weight excluding hydrogens is 376 g/mol. The average molecular weight is 407 g/mol. The van der Waals surface area contributed by atoms with Crippen molar-refractivity contribution >= 4 is 28.7 Å². The largest absolute Gasteiger partial charge is 0.505 e. The number of hydrogen-bond donors (Lipinski definition) is 4. The van der Waals surface area contributed by atoms with Crippen molar-refractivity contribution < 1.29 is 9.90 Å². The molecule has 1 fully saturated rings. The molecule has 2 aromatic carbocycles. The standard InChI is InChI=1S/C24H30N4O2/c1-15-12-13-19(14-16(15)2)26-24(30)22(17(3)25)28-27-21-11-7-10-20(23(21)29)18-8-5-4-6-9-18/h7,10-14,18,25,27,29H,4-6,8-9H2,1-3H3,(H,26,30)/b25-17?,28-22-. The first-order chi connectivity index (χ1) is 14.4. The van der Waals surface area contributed by atoms with Crippen LogP contribution in [0.5, 0.6) is 5.75 Å². The Hall–Kier alpha value is -3.15. The van der Waals surface area contributed by atoms with Crippen molar-refractivity contribution in [3.8, 4) is 5.75 Å². The Bertz CT molecular complexity index is 975. The number of phenolic OH excluding ortho intramolecular Hbond substituents is 1. The van der Waals surface area contributed by atoms with E-state index < -0.39 is 5.91 Å². The van der Waals surface area contributed by atoms with Crippen LogP contribution in [-0.2, 0) is 4.79 Å². The molecule has 0 aromatic heterocycles. The van der Waals surface area contributed by atoms with Gasteiger partial charge in [-0.1, -0.05) is 37.5 Å². The highest BCUT2D eigenvalue weighted by molar-refractivity contribution is 6.67. The van der Waals surface area contributed by atoms with Crippen molar-refractivity contribution in [2.24, 2.45) is 5.10 Å². The van der Waals surface area contributed by atoms with Crippen LogP contribution in [0.4, 0.5) is 11.4 Å². The summed E-state index contributed by atoms with van der Waals surface area (Å²) in [5.74, 6) is 0.0485. The van der Waals surface area contributed by atoms with Crippen molar-refractivity contribution in [1.82, 2.24) is 0 Å². The summed E-state index contributed by atoms with van der Waals surface area (Å²) in [6.45, 7) is 5.50. The number of para-hydroxylation sites is 1. The molecule has 6 nitrogen and oxygen atoms in total. The van der Waals surface area contributed by atoms with Gasteiger partial charge in [-0.3, -0.25) is 10.2 Å². The van der Waals surface area contributed by atoms with Gasteiger partial charge < -0.3 is 15.8 Å². The predicted molar refractivity (Wildman–Crippen MR) is 123 cm³/mol. The molecule has 0 saturated heterocycles. The number of carbonyl (C=O) groups excluding carboxylic acids is 1. The molecule has 0 spiro atoms. The van der Waals surface area contributed by atoms with E-state index in [1.54, 1.807) is 6.07 Å². The number of nitrogens with one attached hydrogen (secondary N) is 3. The maximum atomic E-state index is 12.7. The van der Waals surface area contributed by atoms with Crippen molar-refractivity contribution in [2.45, 2.75) is 58.8 Å². The molecule has 1 amide bonds. The quantitative estimate of drug-likeness (QED) is 0.289. The lowest BCUT2D eigenvalue weighted by Crippen LogP contribution is -2.29. The minimum Gasteiger partial charge on any atom is -0.505 e. The van der Waals surface area contributed by atoms with Crippen molar-refractivity contribution in [2.75, 3.05) is 10.7 Å². The Morgan fingerprint density at radius 3 is 2.50 bits per heavy atom. The van der Waals surface area contributed by atoms with Crippen LogP contribution < -0.4 is 10.7 Å². The fourth-order valence-electron chi connectivity index (χ4n) is 3.83. The Morgan fingerprint density at radius 1 is 1.10 bits per heavy atom. The van der Waals surface area contributed by atoms with E-state index in [0.717, 1.165) is 29.5 Å². The third kappa shape index (κ3) is 5.06. The van der Waals surface area contributed by atoms with E-state index in [2.05, 4.69) is 15.8 Å². The summed E-state index contributed by atoms with van der Waals surface area (Å²) in [6.07, 6.45) is 5.75. The monoisotopic (exact) mass is 406 g/mol. The average Bonchev–Trinajstić information content (AvgIpc) is 2.72. The van der Waals surface area contributed by atoms with Gasteiger partial charge in [0.25, 0.3) is 5.91 Å². The Balaban J connectivity index is 1.78. The molecule has 0 atom stereocenters. The number of nitrogens with zero attached hydrogens (tertiary/aromatic N) is 1. The molecule has 0 unspecified atom stereocenters. The molecule has 158 valence electrons. The van der Waals surface area contributed by atoms with Gasteiger partial charge in [0.05, 0.1) is 11.4 Å². The number of rotatable bonds is 6. The number of anilines is 2. The summed E-state index contributed by atoms with van der Waals surface area (Å²) in [7, 11) is 0. The fourth-order valence-corrected chi connectivity index (χ4v) is 3.83. The highest BCUT2D eigenvalue weighted by Crippen LogP contribution is 2.40. The van der Waals surface area contributed by atoms with E-state index >= 15 is 0 Å². The first kappa shape index (κ1) is 21.6. The molecule has 6 heteroatoms. The highest BCUT2D eigenvalue weighted by Gasteiger charge is 2.20. The van der Waals surface area contributed by atoms with Gasteiger partial charge in [-0.05, 0) is 74.4 Å². The number of benzene rings is 2. The van der Waals surface area contributed by atoms with Crippen molar-refractivity contribution in [1.29, 1.82) is 5.41 Å². The molecule has 1 aliphatic carbocycles. The van der Waals surface area contributed by atoms with E-state index in [9.17, 15) is 9.90 Å². The van der Waals surface area contributed by atoms with E-state index in [0.29, 0.717) is 17.3 Å². The topological polar surface area (TPSA) is 97.6 Å². The molecule has 1 saturated carbocycles. The van der Waals surface area contributed by atoms with Gasteiger partial charge in [-0.2, -0.15) is 5.10 Å². The molecular formula is C24H30N4O2. The van der Waals surface area contributed by atoms with Crippen LogP contribution in [0.3, 0.4) is 0 Å². The first-order valence-electron chi connectivity index (χ1n) is 10.5. The van der Waals surface area contributed by atoms with Crippen molar-refractivity contribution in [3.05, 3.63) is 53.1 Å². The number of aromatic hydroxyl groups is 1. The van der Waals surface area contributed by atoms with Gasteiger partial charge in [0.15, 0.2) is 5.71 Å². The smallest absolute Gasteiger partial charge is 0.277 e. The molecule has 3 rings (SSSR count). The lowest BCUT2D eigenvalue weighted by atomic mass is 9.83. The molecule has 0 heterocycles. The van der Waals surface area contributed by atoms with Crippen molar-refractivity contribution in [3.63, 3.8) is 0 Å². The fraction of sp³-hybridized carbons (Fsp3) is 0.375. The second-order valence-corrected chi connectivity index (χ2v) is 8.03. The normalized spacial score (nSPS) is 15.0. The lowest BCUT2D eigenvalue weighted by Gasteiger charge is -2.23. The Kier molecular flexibility index (Phi) is 6.87. The van der Waals surface area contributed by atoms with Gasteiger partial charge in [0.2, 0.25) is 0 Å². The Morgan fingerprint density at radius 2 is 1.83 bits per heavy atom. The van der Waals surface area contributed by atoms with Gasteiger partial charge in [0.1, 0.15) is 5.75 Å². The van der Waals surface area contributed by atoms with Crippen LogP contribution in [0.2, 0.25) is 0 Å². The number of aryl methyl sites for hydroxylation is 2. The molecule has 1 aliphatic rings. The third-order valence-electron chi connectivity index (χ3n) is 5.74. The van der Waals surface area contributed by atoms with Gasteiger partial charge in [0, 0.05) is 5.69 Å². The SMILES string of the molecule is CC(=N)/C(=N/Nc1cccc(C2CCCCC2)c1O)C(=O)Nc1ccc(C)c(C)c1. The number of amides is 1. The van der Waals surface area contributed by atoms with Gasteiger partial charge in [-0.15, -0.1) is 0 Å². The first-order valence-corrected chi connectivity index (χ1v) is 10.5. The van der Waals surface area contributed by atoms with Gasteiger partial charge >= 0.3 is 0 Å². The molecule has 0 radical (unpaired) electrons. The molecule has 2 aromatic rings. The van der Waals surface area contributed by atoms with E-state index in [1.807, 2.05) is 44.2 Å². The zero-order chi connectivity index (χ0) is 21.7. The number of hydrogen-bond acceptors (Lipinski definition) is 5. The zero-order valence-corrected chi connectivity index (χ0v) is 17.9. The summed E-state index contributed by atoms with van der Waals surface area (Å²) in [5, 5.41) is 25.6. The second kappa shape index (κ2) is 9.57. The summed E-state index contributed by atoms with van der Waals surface area (Å²) in [6, 6.07) is 11.2. The molecule has 30 heavy (non-hydrogen) atoms. The van der Waals surface area contributed by atoms with Crippen LogP contribution in [0.15, 0.2) is 41.5 Å². The van der Waals surface area contributed by atoms with Crippen LogP contribution in [0.25, 0.3) is 0 Å². The predicted octanol–water partition coefficient (Wildman–Crippen LogP) is 5.50. The number of hydrazone groups is 1. The number of carbonyl (C=O) groups is 1. The van der Waals surface area contributed by atoms with E-state index in [4.69, 9.17) is 5.41 Å². The van der Waals surface area contributed by atoms with E-state index in [-0.39, 0.29) is 17.2 Å². The third-order valence-corrected chi connectivity index (χ3v) is 5.74. The minimum absolute atomic E-state index is 0.0318.